The highest BCUT2D eigenvalue weighted by Crippen LogP contribution is 2.26. The minimum absolute atomic E-state index is 0.572. The lowest BCUT2D eigenvalue weighted by atomic mass is 10.1. The van der Waals surface area contributed by atoms with E-state index in [1.165, 1.54) is 0 Å². The Hall–Kier alpha value is -3.08. The van der Waals surface area contributed by atoms with E-state index in [-0.39, 0.29) is 0 Å². The van der Waals surface area contributed by atoms with Crippen molar-refractivity contribution in [2.45, 2.75) is 0 Å². The molecule has 0 bridgehead atoms. The normalized spacial score (nSPS) is 10.9. The Morgan fingerprint density at radius 1 is 0.714 bits per heavy atom. The first kappa shape index (κ1) is 11.7. The van der Waals surface area contributed by atoms with Gasteiger partial charge in [-0.3, -0.25) is 5.10 Å². The lowest BCUT2D eigenvalue weighted by molar-refractivity contribution is 0.955. The molecule has 0 unspecified atom stereocenters. The van der Waals surface area contributed by atoms with Crippen molar-refractivity contribution in [3.63, 3.8) is 0 Å². The molecule has 21 heavy (non-hydrogen) atoms. The van der Waals surface area contributed by atoms with Gasteiger partial charge in [0.1, 0.15) is 11.2 Å². The molecule has 0 spiro atoms. The van der Waals surface area contributed by atoms with Crippen molar-refractivity contribution < 1.29 is 0 Å². The number of nitrogens with one attached hydrogen (secondary N) is 1. The molecule has 0 aliphatic rings. The van der Waals surface area contributed by atoms with Crippen LogP contribution in [0, 0.1) is 0 Å². The minimum Gasteiger partial charge on any atom is -0.254 e. The van der Waals surface area contributed by atoms with Gasteiger partial charge in [0.15, 0.2) is 5.82 Å². The zero-order chi connectivity index (χ0) is 14.1. The highest BCUT2D eigenvalue weighted by atomic mass is 15.3. The molecule has 5 heteroatoms. The lowest BCUT2D eigenvalue weighted by Crippen LogP contribution is -1.94. The molecular weight excluding hydrogens is 262 g/mol. The lowest BCUT2D eigenvalue weighted by Gasteiger charge is -2.05. The average Bonchev–Trinajstić information content (AvgIpc) is 3.04. The smallest absolute Gasteiger partial charge is 0.205 e. The van der Waals surface area contributed by atoms with E-state index in [0.29, 0.717) is 11.5 Å². The number of aromatic amines is 1. The Labute approximate surface area is 120 Å². The van der Waals surface area contributed by atoms with Gasteiger partial charge in [-0.1, -0.05) is 65.9 Å². The molecule has 4 rings (SSSR count). The van der Waals surface area contributed by atoms with E-state index >= 15 is 0 Å². The van der Waals surface area contributed by atoms with E-state index in [2.05, 4.69) is 20.4 Å². The van der Waals surface area contributed by atoms with Gasteiger partial charge in [-0.05, 0) is 0 Å². The minimum atomic E-state index is 0.572. The number of fused-ring (bicyclic) bond motifs is 1. The van der Waals surface area contributed by atoms with Crippen molar-refractivity contribution in [2.75, 3.05) is 0 Å². The molecule has 2 aromatic carbocycles. The summed E-state index contributed by atoms with van der Waals surface area (Å²) in [6.07, 6.45) is 0. The Bertz CT molecular complexity index is 884. The molecule has 0 aliphatic carbocycles. The summed E-state index contributed by atoms with van der Waals surface area (Å²) in [5.41, 5.74) is 4.10. The largest absolute Gasteiger partial charge is 0.254 e. The molecule has 1 N–H and O–H groups in total. The number of hydrogen-bond donors (Lipinski definition) is 1. The van der Waals surface area contributed by atoms with Crippen LogP contribution in [0.1, 0.15) is 0 Å². The van der Waals surface area contributed by atoms with E-state index in [9.17, 15) is 0 Å². The number of benzene rings is 2. The van der Waals surface area contributed by atoms with Crippen LogP contribution in [0.4, 0.5) is 0 Å². The molecule has 100 valence electrons. The van der Waals surface area contributed by atoms with Gasteiger partial charge >= 0.3 is 0 Å². The van der Waals surface area contributed by atoms with Gasteiger partial charge in [-0.15, -0.1) is 5.10 Å². The number of hydrogen-bond acceptors (Lipinski definition) is 4. The number of rotatable bonds is 2. The summed E-state index contributed by atoms with van der Waals surface area (Å²) >= 11 is 0. The van der Waals surface area contributed by atoms with Crippen molar-refractivity contribution in [3.05, 3.63) is 60.7 Å². The van der Waals surface area contributed by atoms with Crippen LogP contribution in [0.2, 0.25) is 0 Å². The summed E-state index contributed by atoms with van der Waals surface area (Å²) in [5, 5.41) is 10.8. The fraction of sp³-hybridized carbons (Fsp3) is 0. The van der Waals surface area contributed by atoms with Gasteiger partial charge in [0.25, 0.3) is 0 Å². The molecule has 2 heterocycles. The van der Waals surface area contributed by atoms with Crippen LogP contribution >= 0.6 is 0 Å². The maximum atomic E-state index is 4.69. The molecule has 4 aromatic rings. The van der Waals surface area contributed by atoms with E-state index in [1.807, 2.05) is 60.7 Å². The Kier molecular flexibility index (Phi) is 2.67. The fourth-order valence-electron chi connectivity index (χ4n) is 2.27. The van der Waals surface area contributed by atoms with Crippen molar-refractivity contribution >= 4 is 11.2 Å². The Morgan fingerprint density at radius 3 is 2.10 bits per heavy atom. The summed E-state index contributed by atoms with van der Waals surface area (Å²) < 4.78 is 0. The van der Waals surface area contributed by atoms with Crippen molar-refractivity contribution in [1.29, 1.82) is 0 Å². The maximum Gasteiger partial charge on any atom is 0.205 e. The van der Waals surface area contributed by atoms with Gasteiger partial charge in [-0.25, -0.2) is 9.97 Å². The van der Waals surface area contributed by atoms with Crippen molar-refractivity contribution in [2.24, 2.45) is 0 Å². The van der Waals surface area contributed by atoms with Gasteiger partial charge in [0.2, 0.25) is 5.65 Å². The molecule has 2 aromatic heterocycles. The van der Waals surface area contributed by atoms with Crippen LogP contribution in [-0.2, 0) is 0 Å². The molecule has 0 saturated carbocycles. The molecule has 5 nitrogen and oxygen atoms in total. The molecule has 0 amide bonds. The second-order valence-corrected chi connectivity index (χ2v) is 4.64. The zero-order valence-electron chi connectivity index (χ0n) is 11.1. The monoisotopic (exact) mass is 273 g/mol. The molecule has 0 aliphatic heterocycles. The molecule has 0 fully saturated rings. The maximum absolute atomic E-state index is 4.69. The highest BCUT2D eigenvalue weighted by Gasteiger charge is 2.13. The predicted molar refractivity (Wildman–Crippen MR) is 80.4 cm³/mol. The standard InChI is InChI=1S/C16H11N5/c1-3-7-11(8-4-1)13-14-16(20-21-19-14)18-15(17-13)12-9-5-2-6-10-12/h1-10H,(H,17,18,19,20,21). The third kappa shape index (κ3) is 2.04. The highest BCUT2D eigenvalue weighted by molar-refractivity contribution is 5.87. The number of H-pyrrole nitrogens is 1. The fourth-order valence-corrected chi connectivity index (χ4v) is 2.27. The van der Waals surface area contributed by atoms with E-state index in [4.69, 9.17) is 4.98 Å². The van der Waals surface area contributed by atoms with Crippen molar-refractivity contribution in [3.8, 4) is 22.6 Å². The third-order valence-corrected chi connectivity index (χ3v) is 3.28. The molecule has 0 atom stereocenters. The zero-order valence-corrected chi connectivity index (χ0v) is 11.1. The van der Waals surface area contributed by atoms with Gasteiger partial charge in [0.05, 0.1) is 0 Å². The van der Waals surface area contributed by atoms with Crippen LogP contribution in [0.15, 0.2) is 60.7 Å². The first-order valence-corrected chi connectivity index (χ1v) is 6.61. The van der Waals surface area contributed by atoms with Crippen LogP contribution in [0.5, 0.6) is 0 Å². The van der Waals surface area contributed by atoms with Crippen LogP contribution in [0.3, 0.4) is 0 Å². The summed E-state index contributed by atoms with van der Waals surface area (Å²) in [7, 11) is 0. The Balaban J connectivity index is 2.00. The molecular formula is C16H11N5. The van der Waals surface area contributed by atoms with Crippen molar-refractivity contribution in [1.82, 2.24) is 25.4 Å². The quantitative estimate of drug-likeness (QED) is 0.609. The van der Waals surface area contributed by atoms with Crippen LogP contribution in [-0.4, -0.2) is 25.4 Å². The predicted octanol–water partition coefficient (Wildman–Crippen LogP) is 3.08. The second-order valence-electron chi connectivity index (χ2n) is 4.64. The summed E-state index contributed by atoms with van der Waals surface area (Å²) in [4.78, 5) is 9.17. The SMILES string of the molecule is c1ccc(-c2nc(-c3ccccc3)c3[nH]nnc3n2)cc1. The summed E-state index contributed by atoms with van der Waals surface area (Å²) in [5.74, 6) is 0.649. The first-order chi connectivity index (χ1) is 10.4. The molecule has 0 radical (unpaired) electrons. The second kappa shape index (κ2) is 4.79. The van der Waals surface area contributed by atoms with E-state index < -0.39 is 0 Å². The Morgan fingerprint density at radius 2 is 1.38 bits per heavy atom. The number of aromatic nitrogens is 5. The summed E-state index contributed by atoms with van der Waals surface area (Å²) in [6, 6.07) is 19.8. The first-order valence-electron chi connectivity index (χ1n) is 6.61. The average molecular weight is 273 g/mol. The van der Waals surface area contributed by atoms with E-state index in [1.54, 1.807) is 0 Å². The van der Waals surface area contributed by atoms with Crippen LogP contribution in [0.25, 0.3) is 33.8 Å². The van der Waals surface area contributed by atoms with Gasteiger partial charge in [0, 0.05) is 11.1 Å². The third-order valence-electron chi connectivity index (χ3n) is 3.28. The topological polar surface area (TPSA) is 67.3 Å². The van der Waals surface area contributed by atoms with Gasteiger partial charge < -0.3 is 0 Å². The number of nitrogens with zero attached hydrogens (tertiary/aromatic N) is 4. The molecule has 0 saturated heterocycles. The van der Waals surface area contributed by atoms with Gasteiger partial charge in [-0.2, -0.15) is 0 Å². The summed E-state index contributed by atoms with van der Waals surface area (Å²) in [6.45, 7) is 0. The van der Waals surface area contributed by atoms with Crippen LogP contribution < -0.4 is 0 Å². The van der Waals surface area contributed by atoms with E-state index in [0.717, 1.165) is 22.3 Å².